The van der Waals surface area contributed by atoms with Crippen molar-refractivity contribution in [2.75, 3.05) is 37.2 Å². The van der Waals surface area contributed by atoms with E-state index in [1.807, 2.05) is 30.3 Å². The van der Waals surface area contributed by atoms with Crippen LogP contribution in [-0.4, -0.2) is 49.9 Å². The van der Waals surface area contributed by atoms with Crippen molar-refractivity contribution in [3.8, 4) is 22.8 Å². The molecule has 1 aliphatic heterocycles. The van der Waals surface area contributed by atoms with Crippen LogP contribution in [0.5, 0.6) is 11.6 Å². The van der Waals surface area contributed by atoms with Crippen molar-refractivity contribution in [2.24, 2.45) is 0 Å². The van der Waals surface area contributed by atoms with Gasteiger partial charge in [0.25, 0.3) is 0 Å². The van der Waals surface area contributed by atoms with E-state index in [2.05, 4.69) is 25.6 Å². The van der Waals surface area contributed by atoms with Crippen LogP contribution < -0.4 is 20.1 Å². The Morgan fingerprint density at radius 2 is 1.94 bits per heavy atom. The molecule has 0 aliphatic carbocycles. The standard InChI is InChI=1S/C24H23N5O4S/c1-32-22-19(13-26-23-21(22)25-9-10-33-23)16-5-6-17-12-27-24(29-20(17)11-16)28-18-7-3-15(4-8-18)14-34(2,30)31/h3-8,11-13,25H,9-10,14H2,1-2H3,(H,27,28,29). The summed E-state index contributed by atoms with van der Waals surface area (Å²) in [5.74, 6) is 1.64. The summed E-state index contributed by atoms with van der Waals surface area (Å²) in [6.07, 6.45) is 4.71. The molecule has 4 aromatic rings. The van der Waals surface area contributed by atoms with Crippen LogP contribution in [0.3, 0.4) is 0 Å². The Morgan fingerprint density at radius 3 is 2.71 bits per heavy atom. The zero-order valence-corrected chi connectivity index (χ0v) is 19.5. The molecular formula is C24H23N5O4S. The Bertz CT molecular complexity index is 1470. The number of hydrogen-bond acceptors (Lipinski definition) is 9. The fourth-order valence-corrected chi connectivity index (χ4v) is 4.65. The predicted molar refractivity (Wildman–Crippen MR) is 132 cm³/mol. The summed E-state index contributed by atoms with van der Waals surface area (Å²) in [6.45, 7) is 1.25. The van der Waals surface area contributed by atoms with Crippen LogP contribution >= 0.6 is 0 Å². The van der Waals surface area contributed by atoms with Gasteiger partial charge in [0, 0.05) is 41.8 Å². The minimum absolute atomic E-state index is 0.00515. The van der Waals surface area contributed by atoms with Gasteiger partial charge in [0.05, 0.1) is 18.4 Å². The fourth-order valence-electron chi connectivity index (χ4n) is 3.85. The van der Waals surface area contributed by atoms with Crippen molar-refractivity contribution in [1.82, 2.24) is 15.0 Å². The maximum atomic E-state index is 11.5. The lowest BCUT2D eigenvalue weighted by atomic mass is 10.0. The number of fused-ring (bicyclic) bond motifs is 2. The first-order chi connectivity index (χ1) is 16.4. The van der Waals surface area contributed by atoms with Gasteiger partial charge < -0.3 is 20.1 Å². The minimum Gasteiger partial charge on any atom is -0.494 e. The molecule has 2 N–H and O–H groups in total. The van der Waals surface area contributed by atoms with Crippen LogP contribution in [-0.2, 0) is 15.6 Å². The molecule has 0 unspecified atom stereocenters. The molecule has 1 aliphatic rings. The number of ether oxygens (including phenoxy) is 2. The average Bonchev–Trinajstić information content (AvgIpc) is 2.83. The summed E-state index contributed by atoms with van der Waals surface area (Å²) >= 11 is 0. The molecule has 2 aromatic heterocycles. The van der Waals surface area contributed by atoms with E-state index in [-0.39, 0.29) is 5.75 Å². The first kappa shape index (κ1) is 21.9. The number of pyridine rings is 1. The minimum atomic E-state index is -3.08. The van der Waals surface area contributed by atoms with E-state index in [1.54, 1.807) is 31.6 Å². The van der Waals surface area contributed by atoms with E-state index in [9.17, 15) is 8.42 Å². The molecule has 3 heterocycles. The number of aromatic nitrogens is 3. The molecule has 0 saturated carbocycles. The van der Waals surface area contributed by atoms with Crippen LogP contribution in [0.1, 0.15) is 5.56 Å². The molecule has 5 rings (SSSR count). The lowest BCUT2D eigenvalue weighted by Crippen LogP contribution is -2.19. The van der Waals surface area contributed by atoms with Crippen LogP contribution in [0.4, 0.5) is 17.3 Å². The number of benzene rings is 2. The summed E-state index contributed by atoms with van der Waals surface area (Å²) in [7, 11) is -1.45. The number of hydrogen-bond donors (Lipinski definition) is 2. The number of nitrogens with one attached hydrogen (secondary N) is 2. The van der Waals surface area contributed by atoms with Gasteiger partial charge in [-0.3, -0.25) is 0 Å². The number of sulfone groups is 1. The quantitative estimate of drug-likeness (QED) is 0.428. The Labute approximate surface area is 197 Å². The summed E-state index contributed by atoms with van der Waals surface area (Å²) in [5, 5.41) is 7.37. The van der Waals surface area contributed by atoms with Gasteiger partial charge in [-0.15, -0.1) is 0 Å². The zero-order valence-electron chi connectivity index (χ0n) is 18.7. The first-order valence-electron chi connectivity index (χ1n) is 10.6. The molecule has 0 amide bonds. The molecule has 2 aromatic carbocycles. The van der Waals surface area contributed by atoms with E-state index < -0.39 is 9.84 Å². The summed E-state index contributed by atoms with van der Waals surface area (Å²) < 4.78 is 34.3. The van der Waals surface area contributed by atoms with Crippen LogP contribution in [0.2, 0.25) is 0 Å². The molecule has 0 fully saturated rings. The fraction of sp³-hybridized carbons (Fsp3) is 0.208. The van der Waals surface area contributed by atoms with Crippen LogP contribution in [0.15, 0.2) is 54.9 Å². The van der Waals surface area contributed by atoms with E-state index >= 15 is 0 Å². The first-order valence-corrected chi connectivity index (χ1v) is 12.7. The molecule has 34 heavy (non-hydrogen) atoms. The number of rotatable bonds is 6. The van der Waals surface area contributed by atoms with Crippen molar-refractivity contribution in [3.63, 3.8) is 0 Å². The predicted octanol–water partition coefficient (Wildman–Crippen LogP) is 3.79. The topological polar surface area (TPSA) is 115 Å². The second-order valence-electron chi connectivity index (χ2n) is 8.02. The lowest BCUT2D eigenvalue weighted by molar-refractivity contribution is 0.306. The van der Waals surface area contributed by atoms with Crippen molar-refractivity contribution in [3.05, 3.63) is 60.4 Å². The highest BCUT2D eigenvalue weighted by Crippen LogP contribution is 2.42. The Morgan fingerprint density at radius 1 is 1.12 bits per heavy atom. The molecule has 9 nitrogen and oxygen atoms in total. The molecule has 0 bridgehead atoms. The second kappa shape index (κ2) is 8.79. The third-order valence-electron chi connectivity index (χ3n) is 5.38. The van der Waals surface area contributed by atoms with Gasteiger partial charge in [-0.25, -0.2) is 23.4 Å². The van der Waals surface area contributed by atoms with Gasteiger partial charge >= 0.3 is 0 Å². The summed E-state index contributed by atoms with van der Waals surface area (Å²) in [6, 6.07) is 13.1. The Balaban J connectivity index is 1.44. The van der Waals surface area contributed by atoms with E-state index in [0.29, 0.717) is 30.7 Å². The van der Waals surface area contributed by atoms with Crippen molar-refractivity contribution in [1.29, 1.82) is 0 Å². The molecule has 0 atom stereocenters. The largest absolute Gasteiger partial charge is 0.494 e. The third-order valence-corrected chi connectivity index (χ3v) is 6.23. The smallest absolute Gasteiger partial charge is 0.241 e. The highest BCUT2D eigenvalue weighted by molar-refractivity contribution is 7.89. The van der Waals surface area contributed by atoms with Gasteiger partial charge in [-0.1, -0.05) is 24.3 Å². The number of methoxy groups -OCH3 is 1. The second-order valence-corrected chi connectivity index (χ2v) is 10.2. The average molecular weight is 478 g/mol. The van der Waals surface area contributed by atoms with Crippen LogP contribution in [0, 0.1) is 0 Å². The molecule has 10 heteroatoms. The summed E-state index contributed by atoms with van der Waals surface area (Å²) in [5.41, 5.74) is 4.73. The maximum absolute atomic E-state index is 11.5. The molecule has 0 radical (unpaired) electrons. The van der Waals surface area contributed by atoms with Gasteiger partial charge in [0.15, 0.2) is 15.6 Å². The van der Waals surface area contributed by atoms with Gasteiger partial charge in [-0.05, 0) is 29.3 Å². The molecule has 0 saturated heterocycles. The highest BCUT2D eigenvalue weighted by Gasteiger charge is 2.21. The molecule has 0 spiro atoms. The Hall–Kier alpha value is -3.92. The van der Waals surface area contributed by atoms with Crippen molar-refractivity contribution in [2.45, 2.75) is 5.75 Å². The normalized spacial score (nSPS) is 13.0. The zero-order chi connectivity index (χ0) is 23.7. The third kappa shape index (κ3) is 4.58. The van der Waals surface area contributed by atoms with Crippen molar-refractivity contribution >= 4 is 38.1 Å². The van der Waals surface area contributed by atoms with Crippen LogP contribution in [0.25, 0.3) is 22.0 Å². The molecule has 174 valence electrons. The lowest BCUT2D eigenvalue weighted by Gasteiger charge is -2.22. The Kier molecular flexibility index (Phi) is 5.66. The summed E-state index contributed by atoms with van der Waals surface area (Å²) in [4.78, 5) is 13.5. The monoisotopic (exact) mass is 477 g/mol. The van der Waals surface area contributed by atoms with E-state index in [4.69, 9.17) is 9.47 Å². The highest BCUT2D eigenvalue weighted by atomic mass is 32.2. The SMILES string of the molecule is COc1c(-c2ccc3cnc(Nc4ccc(CS(C)(=O)=O)cc4)nc3c2)cnc2c1NCCO2. The number of nitrogens with zero attached hydrogens (tertiary/aromatic N) is 3. The van der Waals surface area contributed by atoms with E-state index in [0.717, 1.165) is 39.0 Å². The van der Waals surface area contributed by atoms with Gasteiger partial charge in [0.1, 0.15) is 12.3 Å². The maximum Gasteiger partial charge on any atom is 0.241 e. The van der Waals surface area contributed by atoms with Crippen molar-refractivity contribution < 1.29 is 17.9 Å². The van der Waals surface area contributed by atoms with Gasteiger partial charge in [-0.2, -0.15) is 0 Å². The van der Waals surface area contributed by atoms with E-state index in [1.165, 1.54) is 6.26 Å². The van der Waals surface area contributed by atoms with Gasteiger partial charge in [0.2, 0.25) is 11.8 Å². The molecular weight excluding hydrogens is 454 g/mol. The number of anilines is 3.